The maximum absolute atomic E-state index is 10.9. The second-order valence-electron chi connectivity index (χ2n) is 2.84. The highest BCUT2D eigenvalue weighted by Crippen LogP contribution is 2.11. The van der Waals surface area contributed by atoms with E-state index in [0.29, 0.717) is 12.2 Å². The fraction of sp³-hybridized carbons (Fsp3) is 0.364. The van der Waals surface area contributed by atoms with Gasteiger partial charge in [0.2, 0.25) is 6.29 Å². The van der Waals surface area contributed by atoms with Crippen molar-refractivity contribution in [1.82, 2.24) is 0 Å². The quantitative estimate of drug-likeness (QED) is 0.545. The van der Waals surface area contributed by atoms with Crippen LogP contribution in [0, 0.1) is 0 Å². The molecule has 76 valence electrons. The SMILES string of the molecule is CCC(=O)O[C@H](C)Oc1ccccc1. The van der Waals surface area contributed by atoms with Crippen molar-refractivity contribution in [3.05, 3.63) is 30.3 Å². The molecule has 0 N–H and O–H groups in total. The van der Waals surface area contributed by atoms with Crippen molar-refractivity contribution in [3.63, 3.8) is 0 Å². The number of hydrogen-bond acceptors (Lipinski definition) is 3. The Kier molecular flexibility index (Phi) is 3.98. The predicted octanol–water partition coefficient (Wildman–Crippen LogP) is 2.36. The number of hydrogen-bond donors (Lipinski definition) is 0. The Morgan fingerprint density at radius 3 is 2.57 bits per heavy atom. The Balaban J connectivity index is 2.41. The first-order valence-electron chi connectivity index (χ1n) is 4.63. The predicted molar refractivity (Wildman–Crippen MR) is 52.9 cm³/mol. The van der Waals surface area contributed by atoms with E-state index in [2.05, 4.69) is 0 Å². The van der Waals surface area contributed by atoms with Crippen LogP contribution in [0.2, 0.25) is 0 Å². The highest BCUT2D eigenvalue weighted by molar-refractivity contribution is 5.68. The minimum atomic E-state index is -0.537. The Hall–Kier alpha value is -1.51. The van der Waals surface area contributed by atoms with Gasteiger partial charge in [-0.15, -0.1) is 0 Å². The second kappa shape index (κ2) is 5.27. The third-order valence-corrected chi connectivity index (χ3v) is 1.63. The molecular formula is C11H14O3. The molecule has 0 aliphatic rings. The Labute approximate surface area is 83.6 Å². The van der Waals surface area contributed by atoms with Crippen LogP contribution >= 0.6 is 0 Å². The van der Waals surface area contributed by atoms with Gasteiger partial charge < -0.3 is 9.47 Å². The van der Waals surface area contributed by atoms with Crippen LogP contribution in [-0.4, -0.2) is 12.3 Å². The van der Waals surface area contributed by atoms with E-state index in [4.69, 9.17) is 9.47 Å². The first kappa shape index (κ1) is 10.6. The lowest BCUT2D eigenvalue weighted by Crippen LogP contribution is -2.20. The fourth-order valence-electron chi connectivity index (χ4n) is 0.983. The average molecular weight is 194 g/mol. The average Bonchev–Trinajstić information content (AvgIpc) is 2.19. The van der Waals surface area contributed by atoms with Crippen molar-refractivity contribution in [2.24, 2.45) is 0 Å². The minimum absolute atomic E-state index is 0.256. The summed E-state index contributed by atoms with van der Waals surface area (Å²) in [4.78, 5) is 10.9. The van der Waals surface area contributed by atoms with E-state index in [9.17, 15) is 4.79 Å². The molecule has 0 radical (unpaired) electrons. The first-order chi connectivity index (χ1) is 6.72. The highest BCUT2D eigenvalue weighted by atomic mass is 16.7. The van der Waals surface area contributed by atoms with Crippen LogP contribution in [0.25, 0.3) is 0 Å². The zero-order chi connectivity index (χ0) is 10.4. The summed E-state index contributed by atoms with van der Waals surface area (Å²) in [6.45, 7) is 3.44. The zero-order valence-electron chi connectivity index (χ0n) is 8.40. The van der Waals surface area contributed by atoms with Gasteiger partial charge in [-0.25, -0.2) is 0 Å². The topological polar surface area (TPSA) is 35.5 Å². The summed E-state index contributed by atoms with van der Waals surface area (Å²) in [6, 6.07) is 9.26. The number of rotatable bonds is 4. The van der Waals surface area contributed by atoms with Crippen molar-refractivity contribution < 1.29 is 14.3 Å². The summed E-state index contributed by atoms with van der Waals surface area (Å²) in [6.07, 6.45) is -0.174. The summed E-state index contributed by atoms with van der Waals surface area (Å²) in [5.41, 5.74) is 0. The molecule has 14 heavy (non-hydrogen) atoms. The summed E-state index contributed by atoms with van der Waals surface area (Å²) < 4.78 is 10.3. The van der Waals surface area contributed by atoms with Crippen molar-refractivity contribution in [3.8, 4) is 5.75 Å². The van der Waals surface area contributed by atoms with E-state index in [1.807, 2.05) is 30.3 Å². The highest BCUT2D eigenvalue weighted by Gasteiger charge is 2.07. The van der Waals surface area contributed by atoms with Gasteiger partial charge >= 0.3 is 5.97 Å². The van der Waals surface area contributed by atoms with Gasteiger partial charge in [0.1, 0.15) is 5.75 Å². The van der Waals surface area contributed by atoms with Crippen molar-refractivity contribution in [1.29, 1.82) is 0 Å². The number of carbonyl (C=O) groups is 1. The monoisotopic (exact) mass is 194 g/mol. The van der Waals surface area contributed by atoms with Gasteiger partial charge in [0.15, 0.2) is 0 Å². The molecule has 0 unspecified atom stereocenters. The summed E-state index contributed by atoms with van der Waals surface area (Å²) >= 11 is 0. The van der Waals surface area contributed by atoms with Crippen LogP contribution in [-0.2, 0) is 9.53 Å². The van der Waals surface area contributed by atoms with Crippen molar-refractivity contribution in [2.75, 3.05) is 0 Å². The van der Waals surface area contributed by atoms with E-state index in [1.54, 1.807) is 13.8 Å². The number of para-hydroxylation sites is 1. The van der Waals surface area contributed by atoms with Gasteiger partial charge in [0, 0.05) is 13.3 Å². The smallest absolute Gasteiger partial charge is 0.308 e. The third-order valence-electron chi connectivity index (χ3n) is 1.63. The Morgan fingerprint density at radius 1 is 1.36 bits per heavy atom. The fourth-order valence-corrected chi connectivity index (χ4v) is 0.983. The van der Waals surface area contributed by atoms with Crippen molar-refractivity contribution >= 4 is 5.97 Å². The lowest BCUT2D eigenvalue weighted by atomic mass is 10.3. The van der Waals surface area contributed by atoms with Crippen LogP contribution < -0.4 is 4.74 Å². The largest absolute Gasteiger partial charge is 0.455 e. The first-order valence-corrected chi connectivity index (χ1v) is 4.63. The molecule has 0 amide bonds. The van der Waals surface area contributed by atoms with Gasteiger partial charge in [0.05, 0.1) is 0 Å². The number of ether oxygens (including phenoxy) is 2. The van der Waals surface area contributed by atoms with E-state index >= 15 is 0 Å². The maximum atomic E-state index is 10.9. The van der Waals surface area contributed by atoms with Gasteiger partial charge in [-0.1, -0.05) is 25.1 Å². The van der Waals surface area contributed by atoms with Crippen molar-refractivity contribution in [2.45, 2.75) is 26.6 Å². The molecule has 1 rings (SSSR count). The van der Waals surface area contributed by atoms with E-state index in [-0.39, 0.29) is 5.97 Å². The van der Waals surface area contributed by atoms with E-state index in [1.165, 1.54) is 0 Å². The molecule has 0 saturated heterocycles. The maximum Gasteiger partial charge on any atom is 0.308 e. The van der Waals surface area contributed by atoms with Gasteiger partial charge in [-0.05, 0) is 12.1 Å². The molecule has 1 aromatic carbocycles. The van der Waals surface area contributed by atoms with Crippen LogP contribution in [0.15, 0.2) is 30.3 Å². The lowest BCUT2D eigenvalue weighted by molar-refractivity contribution is -0.160. The summed E-state index contributed by atoms with van der Waals surface area (Å²) in [5.74, 6) is 0.442. The molecule has 0 aliphatic carbocycles. The van der Waals surface area contributed by atoms with Crippen LogP contribution in [0.3, 0.4) is 0 Å². The lowest BCUT2D eigenvalue weighted by Gasteiger charge is -2.14. The van der Waals surface area contributed by atoms with E-state index < -0.39 is 6.29 Å². The standard InChI is InChI=1S/C11H14O3/c1-3-11(12)14-9(2)13-10-7-5-4-6-8-10/h4-9H,3H2,1-2H3/t9-/m1/s1. The van der Waals surface area contributed by atoms with E-state index in [0.717, 1.165) is 0 Å². The summed E-state index contributed by atoms with van der Waals surface area (Å²) in [7, 11) is 0. The molecule has 0 spiro atoms. The molecule has 1 aromatic rings. The molecule has 0 aromatic heterocycles. The molecule has 0 fully saturated rings. The normalized spacial score (nSPS) is 11.9. The Morgan fingerprint density at radius 2 is 2.00 bits per heavy atom. The van der Waals surface area contributed by atoms with Gasteiger partial charge in [-0.3, -0.25) is 4.79 Å². The van der Waals surface area contributed by atoms with Crippen LogP contribution in [0.4, 0.5) is 0 Å². The minimum Gasteiger partial charge on any atom is -0.455 e. The van der Waals surface area contributed by atoms with Crippen LogP contribution in [0.1, 0.15) is 20.3 Å². The number of esters is 1. The van der Waals surface area contributed by atoms with Gasteiger partial charge in [-0.2, -0.15) is 0 Å². The molecule has 3 nitrogen and oxygen atoms in total. The molecule has 3 heteroatoms. The molecule has 1 atom stereocenters. The molecule has 0 saturated carbocycles. The van der Waals surface area contributed by atoms with Gasteiger partial charge in [0.25, 0.3) is 0 Å². The molecule has 0 aliphatic heterocycles. The third kappa shape index (κ3) is 3.47. The summed E-state index contributed by atoms with van der Waals surface area (Å²) in [5, 5.41) is 0. The van der Waals surface area contributed by atoms with Crippen LogP contribution in [0.5, 0.6) is 5.75 Å². The molecular weight excluding hydrogens is 180 g/mol. The number of carbonyl (C=O) groups excluding carboxylic acids is 1. The molecule has 0 bridgehead atoms. The zero-order valence-corrected chi connectivity index (χ0v) is 8.40. The molecule has 0 heterocycles. The second-order valence-corrected chi connectivity index (χ2v) is 2.84. The Bertz CT molecular complexity index is 282. The number of benzene rings is 1.